The topological polar surface area (TPSA) is 58.2 Å². The first-order valence-electron chi connectivity index (χ1n) is 10.1. The van der Waals surface area contributed by atoms with E-state index in [0.29, 0.717) is 17.7 Å². The Bertz CT molecular complexity index is 1240. The molecule has 0 aliphatic carbocycles. The van der Waals surface area contributed by atoms with Crippen molar-refractivity contribution in [2.24, 2.45) is 0 Å². The molecule has 0 saturated carbocycles. The molecule has 156 valence electrons. The van der Waals surface area contributed by atoms with Crippen LogP contribution in [0.5, 0.6) is 0 Å². The van der Waals surface area contributed by atoms with Gasteiger partial charge in [0.1, 0.15) is 11.6 Å². The Balaban J connectivity index is 1.53. The van der Waals surface area contributed by atoms with E-state index in [0.717, 1.165) is 39.2 Å². The number of anilines is 1. The van der Waals surface area contributed by atoms with E-state index in [9.17, 15) is 4.79 Å². The van der Waals surface area contributed by atoms with Crippen LogP contribution in [0.1, 0.15) is 21.5 Å². The Hall–Kier alpha value is -3.86. The number of aromatic amines is 1. The van der Waals surface area contributed by atoms with Gasteiger partial charge in [-0.25, -0.2) is 4.98 Å². The van der Waals surface area contributed by atoms with Gasteiger partial charge >= 0.3 is 0 Å². The molecule has 31 heavy (non-hydrogen) atoms. The molecule has 1 N–H and O–H groups in total. The lowest BCUT2D eigenvalue weighted by Crippen LogP contribution is -2.09. The first-order valence-corrected chi connectivity index (χ1v) is 10.1. The van der Waals surface area contributed by atoms with Gasteiger partial charge in [-0.3, -0.25) is 4.79 Å². The zero-order valence-electron chi connectivity index (χ0n) is 18.0. The summed E-state index contributed by atoms with van der Waals surface area (Å²) in [4.78, 5) is 22.8. The number of hydrogen-bond acceptors (Lipinski definition) is 4. The quantitative estimate of drug-likeness (QED) is 0.329. The molecule has 0 radical (unpaired) electrons. The van der Waals surface area contributed by atoms with Gasteiger partial charge < -0.3 is 14.6 Å². The van der Waals surface area contributed by atoms with Crippen LogP contribution >= 0.6 is 0 Å². The molecule has 0 unspecified atom stereocenters. The third-order valence-electron chi connectivity index (χ3n) is 5.34. The molecule has 0 spiro atoms. The lowest BCUT2D eigenvalue weighted by atomic mass is 10.0. The lowest BCUT2D eigenvalue weighted by Gasteiger charge is -2.12. The second kappa shape index (κ2) is 8.48. The number of Topliss-reactive ketones (excluding diaryl/α,β-unsaturated/α-hetero) is 1. The standard InChI is InChI=1S/C26H25N3O2/c1-17(31-4)19-6-8-21(9-7-19)26-27-23-14-5-18(15-24(23)28-26)16-25(30)20-10-12-22(13-11-20)29(2)3/h5-15H,1,16H2,2-4H3,(H,27,28). The van der Waals surface area contributed by atoms with Crippen LogP contribution in [-0.2, 0) is 11.2 Å². The zero-order valence-corrected chi connectivity index (χ0v) is 18.0. The Kier molecular flexibility index (Phi) is 5.58. The van der Waals surface area contributed by atoms with Crippen molar-refractivity contribution in [2.75, 3.05) is 26.1 Å². The fourth-order valence-corrected chi connectivity index (χ4v) is 3.47. The summed E-state index contributed by atoms with van der Waals surface area (Å²) >= 11 is 0. The van der Waals surface area contributed by atoms with Crippen LogP contribution < -0.4 is 4.90 Å². The number of imidazole rings is 1. The van der Waals surface area contributed by atoms with Gasteiger partial charge in [0.25, 0.3) is 0 Å². The number of ketones is 1. The summed E-state index contributed by atoms with van der Waals surface area (Å²) in [6.45, 7) is 3.87. The molecule has 1 aromatic heterocycles. The number of nitrogens with zero attached hydrogens (tertiary/aromatic N) is 2. The summed E-state index contributed by atoms with van der Waals surface area (Å²) in [6, 6.07) is 21.5. The Morgan fingerprint density at radius 2 is 1.68 bits per heavy atom. The molecule has 0 saturated heterocycles. The molecular formula is C26H25N3O2. The van der Waals surface area contributed by atoms with Gasteiger partial charge in [-0.2, -0.15) is 0 Å². The fourth-order valence-electron chi connectivity index (χ4n) is 3.47. The number of hydrogen-bond donors (Lipinski definition) is 1. The third kappa shape index (κ3) is 4.36. The van der Waals surface area contributed by atoms with Gasteiger partial charge in [-0.05, 0) is 42.0 Å². The Labute approximate surface area is 182 Å². The van der Waals surface area contributed by atoms with Gasteiger partial charge in [0.15, 0.2) is 5.78 Å². The predicted molar refractivity (Wildman–Crippen MR) is 126 cm³/mol. The Morgan fingerprint density at radius 1 is 1.00 bits per heavy atom. The lowest BCUT2D eigenvalue weighted by molar-refractivity contribution is 0.0993. The smallest absolute Gasteiger partial charge is 0.167 e. The number of benzene rings is 3. The highest BCUT2D eigenvalue weighted by Crippen LogP contribution is 2.24. The van der Waals surface area contributed by atoms with Crippen LogP contribution in [-0.4, -0.2) is 37.0 Å². The number of H-pyrrole nitrogens is 1. The summed E-state index contributed by atoms with van der Waals surface area (Å²) in [5.41, 5.74) is 6.43. The van der Waals surface area contributed by atoms with Crippen molar-refractivity contribution in [3.8, 4) is 11.4 Å². The van der Waals surface area contributed by atoms with E-state index >= 15 is 0 Å². The summed E-state index contributed by atoms with van der Waals surface area (Å²) in [7, 11) is 5.57. The van der Waals surface area contributed by atoms with Crippen molar-refractivity contribution < 1.29 is 9.53 Å². The molecule has 0 atom stereocenters. The Morgan fingerprint density at radius 3 is 2.32 bits per heavy atom. The van der Waals surface area contributed by atoms with Crippen molar-refractivity contribution in [1.29, 1.82) is 0 Å². The molecule has 4 aromatic rings. The number of carbonyl (C=O) groups is 1. The monoisotopic (exact) mass is 411 g/mol. The average molecular weight is 412 g/mol. The second-order valence-electron chi connectivity index (χ2n) is 7.68. The van der Waals surface area contributed by atoms with Crippen LogP contribution in [0.3, 0.4) is 0 Å². The van der Waals surface area contributed by atoms with Gasteiger partial charge in [-0.15, -0.1) is 0 Å². The molecule has 4 rings (SSSR count). The van der Waals surface area contributed by atoms with Gasteiger partial charge in [0.05, 0.1) is 18.1 Å². The van der Waals surface area contributed by atoms with Gasteiger partial charge in [0, 0.05) is 42.9 Å². The SMILES string of the molecule is C=C(OC)c1ccc(-c2nc3ccc(CC(=O)c4ccc(N(C)C)cc4)cc3[nH]2)cc1. The minimum atomic E-state index is 0.0957. The second-order valence-corrected chi connectivity index (χ2v) is 7.68. The van der Waals surface area contributed by atoms with Crippen molar-refractivity contribution in [1.82, 2.24) is 9.97 Å². The van der Waals surface area contributed by atoms with E-state index in [2.05, 4.69) is 16.5 Å². The van der Waals surface area contributed by atoms with Crippen LogP contribution in [0.4, 0.5) is 5.69 Å². The van der Waals surface area contributed by atoms with Crippen molar-refractivity contribution in [3.05, 3.63) is 90.0 Å². The molecule has 0 aliphatic rings. The molecule has 0 fully saturated rings. The minimum absolute atomic E-state index is 0.0957. The zero-order chi connectivity index (χ0) is 22.0. The number of carbonyl (C=O) groups excluding carboxylic acids is 1. The highest BCUT2D eigenvalue weighted by Gasteiger charge is 2.11. The van der Waals surface area contributed by atoms with Crippen molar-refractivity contribution in [2.45, 2.75) is 6.42 Å². The van der Waals surface area contributed by atoms with E-state index in [-0.39, 0.29) is 5.78 Å². The van der Waals surface area contributed by atoms with Crippen LogP contribution in [0.25, 0.3) is 28.2 Å². The molecule has 1 heterocycles. The number of nitrogens with one attached hydrogen (secondary N) is 1. The molecule has 0 amide bonds. The van der Waals surface area contributed by atoms with E-state index in [1.807, 2.05) is 85.7 Å². The highest BCUT2D eigenvalue weighted by atomic mass is 16.5. The van der Waals surface area contributed by atoms with Crippen molar-refractivity contribution in [3.63, 3.8) is 0 Å². The van der Waals surface area contributed by atoms with Crippen LogP contribution in [0, 0.1) is 0 Å². The number of fused-ring (bicyclic) bond motifs is 1. The average Bonchev–Trinajstić information content (AvgIpc) is 3.22. The normalized spacial score (nSPS) is 10.8. The maximum Gasteiger partial charge on any atom is 0.167 e. The van der Waals surface area contributed by atoms with Gasteiger partial charge in [-0.1, -0.05) is 36.9 Å². The minimum Gasteiger partial charge on any atom is -0.497 e. The summed E-state index contributed by atoms with van der Waals surface area (Å²) in [5.74, 6) is 1.51. The largest absolute Gasteiger partial charge is 0.497 e. The molecule has 0 bridgehead atoms. The first-order chi connectivity index (χ1) is 14.9. The summed E-state index contributed by atoms with van der Waals surface area (Å²) in [6.07, 6.45) is 0.347. The molecular weight excluding hydrogens is 386 g/mol. The summed E-state index contributed by atoms with van der Waals surface area (Å²) in [5, 5.41) is 0. The first kappa shape index (κ1) is 20.4. The molecule has 5 heteroatoms. The van der Waals surface area contributed by atoms with E-state index in [1.54, 1.807) is 7.11 Å². The number of methoxy groups -OCH3 is 1. The van der Waals surface area contributed by atoms with E-state index < -0.39 is 0 Å². The highest BCUT2D eigenvalue weighted by molar-refractivity contribution is 5.98. The summed E-state index contributed by atoms with van der Waals surface area (Å²) < 4.78 is 5.18. The van der Waals surface area contributed by atoms with Crippen molar-refractivity contribution >= 4 is 28.3 Å². The van der Waals surface area contributed by atoms with Crippen LogP contribution in [0.2, 0.25) is 0 Å². The maximum atomic E-state index is 12.7. The molecule has 5 nitrogen and oxygen atoms in total. The van der Waals surface area contributed by atoms with E-state index in [1.165, 1.54) is 0 Å². The third-order valence-corrected chi connectivity index (χ3v) is 5.34. The molecule has 3 aromatic carbocycles. The maximum absolute atomic E-state index is 12.7. The number of ether oxygens (including phenoxy) is 1. The van der Waals surface area contributed by atoms with E-state index in [4.69, 9.17) is 4.74 Å². The predicted octanol–water partition coefficient (Wildman–Crippen LogP) is 5.34. The van der Waals surface area contributed by atoms with Crippen LogP contribution in [0.15, 0.2) is 73.3 Å². The molecule has 0 aliphatic heterocycles. The fraction of sp³-hybridized carbons (Fsp3) is 0.154. The number of rotatable bonds is 7. The van der Waals surface area contributed by atoms with Gasteiger partial charge in [0.2, 0.25) is 0 Å². The number of aromatic nitrogens is 2.